The van der Waals surface area contributed by atoms with Crippen molar-refractivity contribution in [2.24, 2.45) is 17.8 Å². The summed E-state index contributed by atoms with van der Waals surface area (Å²) < 4.78 is 17.7. The number of amides is 1. The van der Waals surface area contributed by atoms with E-state index in [4.69, 9.17) is 14.2 Å². The normalized spacial score (nSPS) is 12.3. The van der Waals surface area contributed by atoms with Gasteiger partial charge in [0.25, 0.3) is 5.91 Å². The molecular formula is C37H55N3O8. The minimum atomic E-state index is -1.20. The van der Waals surface area contributed by atoms with Crippen LogP contribution in [0.25, 0.3) is 11.4 Å². The number of Topliss-reactive ketones (excluding diaryl/α,β-unsaturated/α-hetero) is 4. The molecule has 0 bridgehead atoms. The maximum Gasteiger partial charge on any atom is 0.253 e. The first kappa shape index (κ1) is 40.5. The lowest BCUT2D eigenvalue weighted by Gasteiger charge is -2.34. The first-order chi connectivity index (χ1) is 22.8. The molecule has 0 radical (unpaired) electrons. The molecular weight excluding hydrogens is 614 g/mol. The van der Waals surface area contributed by atoms with Crippen LogP contribution in [0.4, 0.5) is 0 Å². The van der Waals surface area contributed by atoms with E-state index in [2.05, 4.69) is 15.3 Å². The van der Waals surface area contributed by atoms with Gasteiger partial charge < -0.3 is 19.5 Å². The number of carbonyl (C=O) groups excluding carboxylic acids is 5. The van der Waals surface area contributed by atoms with Gasteiger partial charge in [-0.2, -0.15) is 0 Å². The van der Waals surface area contributed by atoms with Gasteiger partial charge >= 0.3 is 0 Å². The first-order valence-corrected chi connectivity index (χ1v) is 16.9. The van der Waals surface area contributed by atoms with E-state index in [0.29, 0.717) is 23.4 Å². The Bertz CT molecular complexity index is 1320. The van der Waals surface area contributed by atoms with Gasteiger partial charge in [0, 0.05) is 62.8 Å². The number of pyridine rings is 2. The minimum Gasteiger partial charge on any atom is -0.378 e. The van der Waals surface area contributed by atoms with E-state index in [-0.39, 0.29) is 107 Å². The van der Waals surface area contributed by atoms with Gasteiger partial charge in [-0.3, -0.25) is 33.9 Å². The molecule has 48 heavy (non-hydrogen) atoms. The Labute approximate surface area is 286 Å². The molecule has 0 fully saturated rings. The molecule has 2 heterocycles. The van der Waals surface area contributed by atoms with Crippen molar-refractivity contribution in [2.75, 3.05) is 39.6 Å². The van der Waals surface area contributed by atoms with Crippen molar-refractivity contribution in [3.05, 3.63) is 47.8 Å². The highest BCUT2D eigenvalue weighted by Gasteiger charge is 2.34. The molecule has 1 N–H and O–H groups in total. The van der Waals surface area contributed by atoms with E-state index >= 15 is 0 Å². The Morgan fingerprint density at radius 1 is 0.708 bits per heavy atom. The minimum absolute atomic E-state index is 0. The van der Waals surface area contributed by atoms with Crippen molar-refractivity contribution < 1.29 is 39.6 Å². The van der Waals surface area contributed by atoms with Gasteiger partial charge in [-0.05, 0) is 30.7 Å². The number of rotatable bonds is 24. The van der Waals surface area contributed by atoms with Gasteiger partial charge in [0.15, 0.2) is 5.78 Å². The van der Waals surface area contributed by atoms with Crippen LogP contribution in [0.3, 0.4) is 0 Å². The molecule has 1 amide bonds. The molecule has 0 aromatic carbocycles. The summed E-state index contributed by atoms with van der Waals surface area (Å²) in [6, 6.07) is 6.74. The van der Waals surface area contributed by atoms with Crippen LogP contribution in [-0.2, 0) is 28.6 Å². The molecule has 11 nitrogen and oxygen atoms in total. The molecule has 0 spiro atoms. The van der Waals surface area contributed by atoms with Crippen LogP contribution in [0.15, 0.2) is 36.7 Å². The predicted molar refractivity (Wildman–Crippen MR) is 185 cm³/mol. The second-order valence-corrected chi connectivity index (χ2v) is 12.8. The third-order valence-electron chi connectivity index (χ3n) is 8.10. The second-order valence-electron chi connectivity index (χ2n) is 12.8. The van der Waals surface area contributed by atoms with Gasteiger partial charge in [0.05, 0.1) is 56.6 Å². The average molecular weight is 670 g/mol. The molecule has 0 aliphatic rings. The first-order valence-electron chi connectivity index (χ1n) is 16.9. The lowest BCUT2D eigenvalue weighted by atomic mass is 9.98. The summed E-state index contributed by atoms with van der Waals surface area (Å²) in [4.78, 5) is 71.2. The van der Waals surface area contributed by atoms with E-state index in [9.17, 15) is 24.0 Å². The monoisotopic (exact) mass is 669 g/mol. The van der Waals surface area contributed by atoms with Gasteiger partial charge in [0.1, 0.15) is 22.9 Å². The SMILES string of the molecule is CCC(=O)CCOCC(COCCC(=O)C(C)C)(COCCC(=O)C(C)C)NC(=O)c1ccc(-c2ccc(C(=O)C(C)CC)cn2)nc1.[HH]. The third kappa shape index (κ3) is 13.4. The van der Waals surface area contributed by atoms with Gasteiger partial charge in [0.2, 0.25) is 0 Å². The van der Waals surface area contributed by atoms with Crippen LogP contribution in [0.2, 0.25) is 0 Å². The van der Waals surface area contributed by atoms with Gasteiger partial charge in [-0.25, -0.2) is 0 Å². The van der Waals surface area contributed by atoms with E-state index in [1.807, 2.05) is 41.5 Å². The number of ether oxygens (including phenoxy) is 3. The number of nitrogens with zero attached hydrogens (tertiary/aromatic N) is 2. The van der Waals surface area contributed by atoms with E-state index in [1.165, 1.54) is 12.4 Å². The molecule has 2 rings (SSSR count). The van der Waals surface area contributed by atoms with Crippen LogP contribution >= 0.6 is 0 Å². The lowest BCUT2D eigenvalue weighted by Crippen LogP contribution is -2.58. The van der Waals surface area contributed by atoms with Gasteiger partial charge in [-0.1, -0.05) is 48.5 Å². The summed E-state index contributed by atoms with van der Waals surface area (Å²) in [5.74, 6) is -0.620. The highest BCUT2D eigenvalue weighted by Crippen LogP contribution is 2.19. The fourth-order valence-corrected chi connectivity index (χ4v) is 4.48. The number of hydrogen-bond donors (Lipinski definition) is 1. The van der Waals surface area contributed by atoms with Gasteiger partial charge in [-0.15, -0.1) is 0 Å². The topological polar surface area (TPSA) is 151 Å². The predicted octanol–water partition coefficient (Wildman–Crippen LogP) is 5.74. The molecule has 0 aliphatic carbocycles. The van der Waals surface area contributed by atoms with Crippen molar-refractivity contribution >= 4 is 29.0 Å². The summed E-state index contributed by atoms with van der Waals surface area (Å²) in [6.07, 6.45) is 4.75. The molecule has 0 saturated heterocycles. The van der Waals surface area contributed by atoms with Crippen molar-refractivity contribution in [1.82, 2.24) is 15.3 Å². The fourth-order valence-electron chi connectivity index (χ4n) is 4.48. The number of hydrogen-bond acceptors (Lipinski definition) is 10. The average Bonchev–Trinajstić information content (AvgIpc) is 3.09. The quantitative estimate of drug-likeness (QED) is 0.108. The smallest absolute Gasteiger partial charge is 0.253 e. The third-order valence-corrected chi connectivity index (χ3v) is 8.10. The number of aromatic nitrogens is 2. The molecule has 1 atom stereocenters. The van der Waals surface area contributed by atoms with Crippen LogP contribution in [0.1, 0.15) is 103 Å². The Hall–Kier alpha value is -3.67. The summed E-state index contributed by atoms with van der Waals surface area (Å²) in [7, 11) is 0. The molecule has 2 aromatic rings. The summed E-state index contributed by atoms with van der Waals surface area (Å²) in [5.41, 5.74) is 0.680. The highest BCUT2D eigenvalue weighted by molar-refractivity contribution is 5.97. The van der Waals surface area contributed by atoms with Crippen LogP contribution in [0, 0.1) is 17.8 Å². The van der Waals surface area contributed by atoms with Crippen LogP contribution in [0.5, 0.6) is 0 Å². The maximum atomic E-state index is 13.6. The van der Waals surface area contributed by atoms with Crippen molar-refractivity contribution in [3.8, 4) is 11.4 Å². The number of nitrogens with one attached hydrogen (secondary N) is 1. The van der Waals surface area contributed by atoms with E-state index in [1.54, 1.807) is 31.2 Å². The Morgan fingerprint density at radius 2 is 1.17 bits per heavy atom. The van der Waals surface area contributed by atoms with Crippen molar-refractivity contribution in [3.63, 3.8) is 0 Å². The fraction of sp³-hybridized carbons (Fsp3) is 0.595. The van der Waals surface area contributed by atoms with E-state index in [0.717, 1.165) is 6.42 Å². The second kappa shape index (κ2) is 20.6. The van der Waals surface area contributed by atoms with Crippen LogP contribution in [-0.4, -0.2) is 84.2 Å². The molecule has 11 heteroatoms. The maximum absolute atomic E-state index is 13.6. The number of ketones is 4. The number of carbonyl (C=O) groups is 5. The molecule has 266 valence electrons. The lowest BCUT2D eigenvalue weighted by molar-refractivity contribution is -0.123. The zero-order valence-electron chi connectivity index (χ0n) is 29.6. The van der Waals surface area contributed by atoms with Crippen molar-refractivity contribution in [2.45, 2.75) is 86.1 Å². The molecule has 0 saturated carbocycles. The Morgan fingerprint density at radius 3 is 1.56 bits per heavy atom. The Balaban J connectivity index is 0.0000120. The zero-order chi connectivity index (χ0) is 35.7. The molecule has 2 aromatic heterocycles. The Kier molecular flexibility index (Phi) is 17.4. The van der Waals surface area contributed by atoms with Crippen molar-refractivity contribution in [1.29, 1.82) is 0 Å². The standard InChI is InChI=1S/C37H53N3O8.H2/c1-8-27(7)35(44)28-10-12-31(38-20-28)32-13-11-29(21-39-32)36(45)40-37(22-46-17-14-30(41)9-2,23-47-18-15-33(42)25(3)4)24-48-19-16-34(43)26(5)6;/h10-13,20-21,25-27H,8-9,14-19,22-24H2,1-7H3,(H,40,45);1H. The largest absolute Gasteiger partial charge is 0.378 e. The van der Waals surface area contributed by atoms with E-state index < -0.39 is 11.4 Å². The molecule has 0 aliphatic heterocycles. The zero-order valence-corrected chi connectivity index (χ0v) is 29.6. The molecule has 1 unspecified atom stereocenters. The summed E-state index contributed by atoms with van der Waals surface area (Å²) in [5, 5.41) is 3.00. The highest BCUT2D eigenvalue weighted by atomic mass is 16.5. The summed E-state index contributed by atoms with van der Waals surface area (Å²) >= 11 is 0. The van der Waals surface area contributed by atoms with Crippen LogP contribution < -0.4 is 5.32 Å². The summed E-state index contributed by atoms with van der Waals surface area (Å²) in [6.45, 7) is 13.2.